The van der Waals surface area contributed by atoms with Gasteiger partial charge < -0.3 is 29.7 Å². The molecule has 2 N–H and O–H groups in total. The number of thiazole rings is 1. The van der Waals surface area contributed by atoms with Crippen LogP contribution in [0.1, 0.15) is 103 Å². The van der Waals surface area contributed by atoms with Gasteiger partial charge in [0, 0.05) is 64.1 Å². The van der Waals surface area contributed by atoms with E-state index in [9.17, 15) is 24.3 Å². The minimum Gasteiger partial charge on any atom is -0.390 e. The number of carbonyl (C=O) groups is 4. The molecule has 1 aliphatic heterocycles. The van der Waals surface area contributed by atoms with Crippen LogP contribution in [0.3, 0.4) is 0 Å². The van der Waals surface area contributed by atoms with Gasteiger partial charge in [0.2, 0.25) is 11.8 Å². The number of nitrogens with one attached hydrogen (secondary N) is 1. The molecule has 2 heterocycles. The van der Waals surface area contributed by atoms with Crippen LogP contribution in [0.4, 0.5) is 0 Å². The summed E-state index contributed by atoms with van der Waals surface area (Å²) < 4.78 is 12.1. The molecule has 0 saturated carbocycles. The number of likely N-dealkylation sites (tertiary alicyclic amines) is 1. The number of aromatic nitrogens is 1. The summed E-state index contributed by atoms with van der Waals surface area (Å²) in [6, 6.07) is 8.87. The average Bonchev–Trinajstić information content (AvgIpc) is 3.87. The van der Waals surface area contributed by atoms with Gasteiger partial charge in [-0.1, -0.05) is 71.4 Å². The number of hydrogen-bond acceptors (Lipinski definition) is 10. The lowest BCUT2D eigenvalue weighted by Crippen LogP contribution is -2.56. The Bertz CT molecular complexity index is 1500. The summed E-state index contributed by atoms with van der Waals surface area (Å²) >= 11 is 1.56. The van der Waals surface area contributed by atoms with Crippen LogP contribution in [-0.2, 0) is 35.1 Å². The molecule has 0 radical (unpaired) electrons. The molecule has 55 heavy (non-hydrogen) atoms. The molecule has 308 valence electrons. The molecule has 12 heteroatoms. The molecule has 2 aromatic rings. The molecule has 1 aliphatic rings. The highest BCUT2D eigenvalue weighted by Crippen LogP contribution is 2.34. The van der Waals surface area contributed by atoms with E-state index in [1.54, 1.807) is 64.6 Å². The number of aliphatic hydroxyl groups is 1. The Kier molecular flexibility index (Phi) is 18.1. The predicted octanol–water partition coefficient (Wildman–Crippen LogP) is 5.94. The zero-order valence-electron chi connectivity index (χ0n) is 35.1. The number of rotatable bonds is 23. The SMILES string of the molecule is CC[C@H](C)[C@@H]([C@@H](CC(=O)N1CCC[C@H]1[C@H](OC)[C@@H](C)C(=O)CC(Cc1ccccc1)c1nccs1)OC)N(C)C(=O)[C@@H](CC(=O)[C@@H](NC)C(C)C)C(C)(C)O. The summed E-state index contributed by atoms with van der Waals surface area (Å²) in [6.07, 6.45) is 3.73. The molecule has 9 atom stereocenters. The molecule has 1 aromatic heterocycles. The van der Waals surface area contributed by atoms with E-state index in [0.29, 0.717) is 32.2 Å². The molecule has 2 amide bonds. The highest BCUT2D eigenvalue weighted by Gasteiger charge is 2.45. The lowest BCUT2D eigenvalue weighted by molar-refractivity contribution is -0.154. The molecule has 0 bridgehead atoms. The number of hydrogen-bond donors (Lipinski definition) is 2. The summed E-state index contributed by atoms with van der Waals surface area (Å²) in [4.78, 5) is 64.0. The van der Waals surface area contributed by atoms with Crippen LogP contribution in [0.5, 0.6) is 0 Å². The minimum atomic E-state index is -1.47. The third kappa shape index (κ3) is 12.2. The van der Waals surface area contributed by atoms with Gasteiger partial charge in [0.25, 0.3) is 0 Å². The van der Waals surface area contributed by atoms with Crippen molar-refractivity contribution in [2.75, 3.05) is 34.9 Å². The molecule has 1 fully saturated rings. The van der Waals surface area contributed by atoms with E-state index in [0.717, 1.165) is 17.0 Å². The van der Waals surface area contributed by atoms with Crippen LogP contribution in [0.15, 0.2) is 41.9 Å². The normalized spacial score (nSPS) is 19.3. The van der Waals surface area contributed by atoms with Crippen molar-refractivity contribution in [2.24, 2.45) is 23.7 Å². The van der Waals surface area contributed by atoms with E-state index in [4.69, 9.17) is 9.47 Å². The van der Waals surface area contributed by atoms with Crippen molar-refractivity contribution in [3.05, 3.63) is 52.5 Å². The van der Waals surface area contributed by atoms with Gasteiger partial charge in [-0.05, 0) is 57.6 Å². The van der Waals surface area contributed by atoms with Crippen molar-refractivity contribution in [1.29, 1.82) is 0 Å². The van der Waals surface area contributed by atoms with Gasteiger partial charge in [-0.25, -0.2) is 4.98 Å². The monoisotopic (exact) mass is 784 g/mol. The lowest BCUT2D eigenvalue weighted by Gasteiger charge is -2.42. The van der Waals surface area contributed by atoms with Gasteiger partial charge in [-0.15, -0.1) is 11.3 Å². The highest BCUT2D eigenvalue weighted by atomic mass is 32.1. The second kappa shape index (κ2) is 21.5. The van der Waals surface area contributed by atoms with Gasteiger partial charge in [0.1, 0.15) is 5.78 Å². The molecule has 3 rings (SSSR count). The number of ketones is 2. The molecule has 1 unspecified atom stereocenters. The largest absolute Gasteiger partial charge is 0.390 e. The minimum absolute atomic E-state index is 0.0119. The quantitative estimate of drug-likeness (QED) is 0.140. The number of methoxy groups -OCH3 is 2. The first-order valence-electron chi connectivity index (χ1n) is 20.0. The van der Waals surface area contributed by atoms with Crippen LogP contribution in [-0.4, -0.2) is 114 Å². The van der Waals surface area contributed by atoms with Crippen molar-refractivity contribution in [3.8, 4) is 0 Å². The average molecular weight is 785 g/mol. The fourth-order valence-corrected chi connectivity index (χ4v) is 9.17. The Morgan fingerprint density at radius 1 is 1.04 bits per heavy atom. The summed E-state index contributed by atoms with van der Waals surface area (Å²) in [5.41, 5.74) is -0.324. The summed E-state index contributed by atoms with van der Waals surface area (Å²) in [5.74, 6) is -2.13. The summed E-state index contributed by atoms with van der Waals surface area (Å²) in [7, 11) is 6.57. The van der Waals surface area contributed by atoms with E-state index >= 15 is 0 Å². The summed E-state index contributed by atoms with van der Waals surface area (Å²) in [5, 5.41) is 17.1. The predicted molar refractivity (Wildman–Crippen MR) is 218 cm³/mol. The van der Waals surface area contributed by atoms with Gasteiger partial charge in [0.15, 0.2) is 5.78 Å². The Hall–Kier alpha value is -3.03. The van der Waals surface area contributed by atoms with Crippen LogP contribution >= 0.6 is 11.3 Å². The van der Waals surface area contributed by atoms with Crippen LogP contribution in [0.2, 0.25) is 0 Å². The van der Waals surface area contributed by atoms with Crippen LogP contribution in [0.25, 0.3) is 0 Å². The first kappa shape index (κ1) is 46.4. The van der Waals surface area contributed by atoms with Crippen LogP contribution in [0, 0.1) is 23.7 Å². The molecular weight excluding hydrogens is 717 g/mol. The van der Waals surface area contributed by atoms with E-state index in [1.165, 1.54) is 0 Å². The number of ether oxygens (including phenoxy) is 2. The maximum atomic E-state index is 14.3. The van der Waals surface area contributed by atoms with Gasteiger partial charge in [-0.3, -0.25) is 19.2 Å². The topological polar surface area (TPSA) is 138 Å². The van der Waals surface area contributed by atoms with E-state index in [2.05, 4.69) is 22.4 Å². The second-order valence-electron chi connectivity index (χ2n) is 16.4. The van der Waals surface area contributed by atoms with Crippen molar-refractivity contribution in [3.63, 3.8) is 0 Å². The third-order valence-electron chi connectivity index (χ3n) is 11.8. The van der Waals surface area contributed by atoms with Crippen molar-refractivity contribution in [1.82, 2.24) is 20.1 Å². The molecular formula is C43H68N4O7S. The molecule has 1 saturated heterocycles. The smallest absolute Gasteiger partial charge is 0.229 e. The lowest BCUT2D eigenvalue weighted by atomic mass is 9.81. The van der Waals surface area contributed by atoms with Crippen molar-refractivity contribution in [2.45, 2.75) is 135 Å². The molecule has 0 spiro atoms. The second-order valence-corrected chi connectivity index (χ2v) is 17.3. The molecule has 1 aromatic carbocycles. The Balaban J connectivity index is 1.81. The number of nitrogens with zero attached hydrogens (tertiary/aromatic N) is 3. The van der Waals surface area contributed by atoms with E-state index in [-0.39, 0.29) is 60.0 Å². The first-order valence-corrected chi connectivity index (χ1v) is 20.9. The first-order chi connectivity index (χ1) is 26.0. The van der Waals surface area contributed by atoms with Crippen molar-refractivity contribution >= 4 is 34.7 Å². The number of amides is 2. The Labute approximate surface area is 333 Å². The molecule has 11 nitrogen and oxygen atoms in total. The fraction of sp³-hybridized carbons (Fsp3) is 0.698. The third-order valence-corrected chi connectivity index (χ3v) is 12.7. The molecule has 0 aliphatic carbocycles. The highest BCUT2D eigenvalue weighted by molar-refractivity contribution is 7.09. The zero-order valence-corrected chi connectivity index (χ0v) is 35.9. The van der Waals surface area contributed by atoms with E-state index in [1.807, 2.05) is 63.1 Å². The maximum absolute atomic E-state index is 14.3. The number of likely N-dealkylation sites (N-methyl/N-ethyl adjacent to an activating group) is 2. The Morgan fingerprint density at radius 2 is 1.71 bits per heavy atom. The standard InChI is InChI=1S/C43H68N4O7S/c1-12-28(4)39(46(9)42(51)32(43(6,7)52)25-35(49)38(44-8)27(2)3)36(53-10)26-37(50)47-21-16-19-33(47)40(54-11)29(5)34(48)24-31(41-45-20-22-55-41)23-30-17-14-13-15-18-30/h13-15,17-18,20,22,27-29,31-33,36,38-40,44,52H,12,16,19,21,23-26H2,1-11H3/t28-,29-,31?,32+,33-,36+,38-,39-,40+/m0/s1. The number of carbonyl (C=O) groups excluding carboxylic acids is 4. The number of benzene rings is 1. The van der Waals surface area contributed by atoms with Crippen LogP contribution < -0.4 is 5.32 Å². The summed E-state index contributed by atoms with van der Waals surface area (Å²) in [6.45, 7) is 13.5. The zero-order chi connectivity index (χ0) is 41.0. The fourth-order valence-electron chi connectivity index (χ4n) is 8.43. The Morgan fingerprint density at radius 3 is 2.24 bits per heavy atom. The van der Waals surface area contributed by atoms with Crippen molar-refractivity contribution < 1.29 is 33.8 Å². The van der Waals surface area contributed by atoms with E-state index < -0.39 is 41.7 Å². The number of Topliss-reactive ketones (excluding diaryl/α,β-unsaturated/α-hetero) is 2. The van der Waals surface area contributed by atoms with Gasteiger partial charge >= 0.3 is 0 Å². The van der Waals surface area contributed by atoms with Gasteiger partial charge in [0.05, 0.1) is 53.3 Å². The van der Waals surface area contributed by atoms with Gasteiger partial charge in [-0.2, -0.15) is 0 Å². The maximum Gasteiger partial charge on any atom is 0.229 e.